The largest absolute Gasteiger partial charge is 0.497 e. The molecule has 0 bridgehead atoms. The van der Waals surface area contributed by atoms with E-state index in [-0.39, 0.29) is 0 Å². The Morgan fingerprint density at radius 1 is 1.05 bits per heavy atom. The minimum absolute atomic E-state index is 0.387. The lowest BCUT2D eigenvalue weighted by Gasteiger charge is -2.11. The first-order chi connectivity index (χ1) is 10.3. The zero-order chi connectivity index (χ0) is 14.7. The number of fused-ring (bicyclic) bond motifs is 1. The van der Waals surface area contributed by atoms with Gasteiger partial charge in [0, 0.05) is 17.1 Å². The number of pyridine rings is 1. The van der Waals surface area contributed by atoms with Crippen LogP contribution in [0.1, 0.15) is 5.56 Å². The van der Waals surface area contributed by atoms with Gasteiger partial charge in [-0.1, -0.05) is 0 Å². The summed E-state index contributed by atoms with van der Waals surface area (Å²) in [6.45, 7) is 0.387. The fourth-order valence-corrected chi connectivity index (χ4v) is 2.15. The summed E-state index contributed by atoms with van der Waals surface area (Å²) in [6.07, 6.45) is 3.55. The summed E-state index contributed by atoms with van der Waals surface area (Å²) in [6, 6.07) is 9.54. The molecule has 2 heterocycles. The minimum atomic E-state index is 0.387. The molecule has 2 aromatic heterocycles. The molecule has 0 spiro atoms. The molecule has 3 rings (SSSR count). The molecule has 0 fully saturated rings. The highest BCUT2D eigenvalue weighted by atomic mass is 16.5. The summed E-state index contributed by atoms with van der Waals surface area (Å²) < 4.78 is 16.4. The van der Waals surface area contributed by atoms with Crippen molar-refractivity contribution in [2.24, 2.45) is 0 Å². The molecule has 5 nitrogen and oxygen atoms in total. The van der Waals surface area contributed by atoms with E-state index in [0.29, 0.717) is 12.4 Å². The maximum atomic E-state index is 5.80. The van der Waals surface area contributed by atoms with E-state index in [2.05, 4.69) is 9.97 Å². The highest BCUT2D eigenvalue weighted by Crippen LogP contribution is 2.26. The number of benzene rings is 1. The van der Waals surface area contributed by atoms with Gasteiger partial charge in [-0.2, -0.15) is 0 Å². The van der Waals surface area contributed by atoms with E-state index in [1.54, 1.807) is 20.4 Å². The summed E-state index contributed by atoms with van der Waals surface area (Å²) in [4.78, 5) is 7.34. The number of nitrogens with one attached hydrogen (secondary N) is 1. The van der Waals surface area contributed by atoms with Gasteiger partial charge in [-0.3, -0.25) is 0 Å². The van der Waals surface area contributed by atoms with E-state index in [0.717, 1.165) is 28.1 Å². The molecule has 0 amide bonds. The van der Waals surface area contributed by atoms with E-state index < -0.39 is 0 Å². The van der Waals surface area contributed by atoms with E-state index in [1.165, 1.54) is 0 Å². The van der Waals surface area contributed by atoms with Crippen LogP contribution in [0.25, 0.3) is 11.0 Å². The van der Waals surface area contributed by atoms with Crippen LogP contribution in [0.4, 0.5) is 0 Å². The Kier molecular flexibility index (Phi) is 3.64. The van der Waals surface area contributed by atoms with E-state index in [9.17, 15) is 0 Å². The lowest BCUT2D eigenvalue weighted by atomic mass is 10.2. The van der Waals surface area contributed by atoms with Crippen molar-refractivity contribution in [1.82, 2.24) is 9.97 Å². The number of aromatic amines is 1. The van der Waals surface area contributed by atoms with Crippen LogP contribution >= 0.6 is 0 Å². The lowest BCUT2D eigenvalue weighted by Crippen LogP contribution is -2.00. The molecule has 0 aliphatic heterocycles. The average molecular weight is 284 g/mol. The number of aromatic nitrogens is 2. The molecule has 0 unspecified atom stereocenters. The fourth-order valence-electron chi connectivity index (χ4n) is 2.15. The maximum Gasteiger partial charge on any atom is 0.138 e. The van der Waals surface area contributed by atoms with Crippen LogP contribution in [0.2, 0.25) is 0 Å². The van der Waals surface area contributed by atoms with Gasteiger partial charge in [-0.05, 0) is 30.3 Å². The molecule has 0 aliphatic carbocycles. The van der Waals surface area contributed by atoms with Crippen molar-refractivity contribution in [3.8, 4) is 17.2 Å². The minimum Gasteiger partial charge on any atom is -0.497 e. The molecule has 0 aliphatic rings. The quantitative estimate of drug-likeness (QED) is 0.782. The molecular formula is C16H16N2O3. The van der Waals surface area contributed by atoms with Gasteiger partial charge in [0.2, 0.25) is 0 Å². The van der Waals surface area contributed by atoms with Gasteiger partial charge < -0.3 is 19.2 Å². The van der Waals surface area contributed by atoms with Crippen molar-refractivity contribution >= 4 is 11.0 Å². The van der Waals surface area contributed by atoms with Crippen LogP contribution in [0.3, 0.4) is 0 Å². The number of rotatable bonds is 5. The van der Waals surface area contributed by atoms with Crippen molar-refractivity contribution in [2.45, 2.75) is 6.61 Å². The number of ether oxygens (including phenoxy) is 3. The Balaban J connectivity index is 1.80. The van der Waals surface area contributed by atoms with Crippen molar-refractivity contribution < 1.29 is 14.2 Å². The molecule has 0 saturated heterocycles. The molecule has 21 heavy (non-hydrogen) atoms. The molecule has 0 atom stereocenters. The molecule has 0 radical (unpaired) electrons. The molecule has 1 aromatic carbocycles. The Bertz CT molecular complexity index is 752. The summed E-state index contributed by atoms with van der Waals surface area (Å²) in [5, 5.41) is 1.02. The third-order valence-electron chi connectivity index (χ3n) is 3.26. The summed E-state index contributed by atoms with van der Waals surface area (Å²) in [7, 11) is 3.27. The monoisotopic (exact) mass is 284 g/mol. The number of hydrogen-bond donors (Lipinski definition) is 1. The zero-order valence-corrected chi connectivity index (χ0v) is 11.9. The van der Waals surface area contributed by atoms with Crippen LogP contribution < -0.4 is 14.2 Å². The Morgan fingerprint density at radius 2 is 1.95 bits per heavy atom. The van der Waals surface area contributed by atoms with Gasteiger partial charge in [-0.15, -0.1) is 0 Å². The van der Waals surface area contributed by atoms with E-state index in [1.807, 2.05) is 36.5 Å². The lowest BCUT2D eigenvalue weighted by molar-refractivity contribution is 0.295. The third kappa shape index (κ3) is 2.76. The molecule has 108 valence electrons. The first kappa shape index (κ1) is 13.3. The van der Waals surface area contributed by atoms with Crippen LogP contribution in [0.5, 0.6) is 17.2 Å². The van der Waals surface area contributed by atoms with Gasteiger partial charge in [0.1, 0.15) is 29.5 Å². The van der Waals surface area contributed by atoms with Gasteiger partial charge in [0.25, 0.3) is 0 Å². The van der Waals surface area contributed by atoms with Gasteiger partial charge in [0.15, 0.2) is 0 Å². The number of H-pyrrole nitrogens is 1. The van der Waals surface area contributed by atoms with Gasteiger partial charge in [-0.25, -0.2) is 4.98 Å². The van der Waals surface area contributed by atoms with Crippen molar-refractivity contribution in [2.75, 3.05) is 14.2 Å². The van der Waals surface area contributed by atoms with E-state index >= 15 is 0 Å². The van der Waals surface area contributed by atoms with Crippen molar-refractivity contribution in [3.63, 3.8) is 0 Å². The highest BCUT2D eigenvalue weighted by Gasteiger charge is 2.07. The number of hydrogen-bond acceptors (Lipinski definition) is 4. The second-order valence-corrected chi connectivity index (χ2v) is 4.55. The molecule has 1 N–H and O–H groups in total. The van der Waals surface area contributed by atoms with Crippen molar-refractivity contribution in [1.29, 1.82) is 0 Å². The van der Waals surface area contributed by atoms with Crippen LogP contribution in [-0.4, -0.2) is 24.2 Å². The summed E-state index contributed by atoms with van der Waals surface area (Å²) in [5.41, 5.74) is 1.77. The summed E-state index contributed by atoms with van der Waals surface area (Å²) >= 11 is 0. The first-order valence-electron chi connectivity index (χ1n) is 6.57. The molecule has 3 aromatic rings. The topological polar surface area (TPSA) is 56.4 Å². The van der Waals surface area contributed by atoms with Crippen LogP contribution in [-0.2, 0) is 6.61 Å². The normalized spacial score (nSPS) is 10.6. The Labute approximate surface area is 122 Å². The standard InChI is InChI=1S/C16H16N2O3/c1-19-13-3-4-15(20-2)12(8-13)10-21-14-7-11-5-6-17-16(11)18-9-14/h3-9H,10H2,1-2H3,(H,17,18). The molecule has 0 saturated carbocycles. The van der Waals surface area contributed by atoms with Crippen LogP contribution in [0.15, 0.2) is 42.7 Å². The SMILES string of the molecule is COc1ccc(OC)c(COc2cnc3[nH]ccc3c2)c1. The second-order valence-electron chi connectivity index (χ2n) is 4.55. The predicted octanol–water partition coefficient (Wildman–Crippen LogP) is 3.16. The number of nitrogens with zero attached hydrogens (tertiary/aromatic N) is 1. The van der Waals surface area contributed by atoms with Crippen molar-refractivity contribution in [3.05, 3.63) is 48.3 Å². The Morgan fingerprint density at radius 3 is 2.76 bits per heavy atom. The Hall–Kier alpha value is -2.69. The van der Waals surface area contributed by atoms with Gasteiger partial charge in [0.05, 0.1) is 20.4 Å². The smallest absolute Gasteiger partial charge is 0.138 e. The molecular weight excluding hydrogens is 268 g/mol. The molecule has 5 heteroatoms. The van der Waals surface area contributed by atoms with Crippen LogP contribution in [0, 0.1) is 0 Å². The van der Waals surface area contributed by atoms with E-state index in [4.69, 9.17) is 14.2 Å². The maximum absolute atomic E-state index is 5.80. The average Bonchev–Trinajstić information content (AvgIpc) is 3.00. The fraction of sp³-hybridized carbons (Fsp3) is 0.188. The highest BCUT2D eigenvalue weighted by molar-refractivity contribution is 5.76. The number of methoxy groups -OCH3 is 2. The second kappa shape index (κ2) is 5.75. The summed E-state index contributed by atoms with van der Waals surface area (Å²) in [5.74, 6) is 2.26. The predicted molar refractivity (Wildman–Crippen MR) is 80.0 cm³/mol. The first-order valence-corrected chi connectivity index (χ1v) is 6.57. The zero-order valence-electron chi connectivity index (χ0n) is 11.9. The third-order valence-corrected chi connectivity index (χ3v) is 3.26. The van der Waals surface area contributed by atoms with Gasteiger partial charge >= 0.3 is 0 Å².